The maximum atomic E-state index is 12.9. The minimum Gasteiger partial charge on any atom is -0.481 e. The second-order valence-electron chi connectivity index (χ2n) is 7.64. The van der Waals surface area contributed by atoms with E-state index in [-0.39, 0.29) is 17.4 Å². The van der Waals surface area contributed by atoms with Gasteiger partial charge in [-0.1, -0.05) is 18.5 Å². The van der Waals surface area contributed by atoms with Gasteiger partial charge in [0, 0.05) is 43.4 Å². The second-order valence-corrected chi connectivity index (χ2v) is 9.99. The first-order valence-corrected chi connectivity index (χ1v) is 12.5. The molecule has 3 aromatic rings. The van der Waals surface area contributed by atoms with Crippen LogP contribution in [0.1, 0.15) is 6.92 Å². The summed E-state index contributed by atoms with van der Waals surface area (Å²) in [7, 11) is -3.56. The first-order chi connectivity index (χ1) is 15.9. The minimum atomic E-state index is -3.56. The predicted octanol–water partition coefficient (Wildman–Crippen LogP) is 3.23. The SMILES string of the molecule is CCN1CCN(S(=O)(=O)c2ccc(NC(=O)COc3ccc(Cl)c4cccnc34)cc2)CC1. The number of nitrogens with zero attached hydrogens (tertiary/aromatic N) is 3. The van der Waals surface area contributed by atoms with Crippen LogP contribution >= 0.6 is 11.6 Å². The van der Waals surface area contributed by atoms with E-state index in [9.17, 15) is 13.2 Å². The van der Waals surface area contributed by atoms with Crippen molar-refractivity contribution in [2.45, 2.75) is 11.8 Å². The van der Waals surface area contributed by atoms with E-state index < -0.39 is 10.0 Å². The molecule has 0 radical (unpaired) electrons. The summed E-state index contributed by atoms with van der Waals surface area (Å²) in [5.41, 5.74) is 1.06. The Labute approximate surface area is 198 Å². The molecule has 174 valence electrons. The van der Waals surface area contributed by atoms with E-state index >= 15 is 0 Å². The number of aromatic nitrogens is 1. The summed E-state index contributed by atoms with van der Waals surface area (Å²) in [5.74, 6) is 0.0788. The van der Waals surface area contributed by atoms with Crippen LogP contribution in [0, 0.1) is 0 Å². The van der Waals surface area contributed by atoms with E-state index in [1.165, 1.54) is 16.4 Å². The Morgan fingerprint density at radius 1 is 1.09 bits per heavy atom. The molecule has 0 saturated carbocycles. The van der Waals surface area contributed by atoms with Gasteiger partial charge in [-0.3, -0.25) is 9.78 Å². The van der Waals surface area contributed by atoms with E-state index in [1.807, 2.05) is 6.07 Å². The Hall–Kier alpha value is -2.72. The van der Waals surface area contributed by atoms with Crippen molar-refractivity contribution in [1.82, 2.24) is 14.2 Å². The summed E-state index contributed by atoms with van der Waals surface area (Å²) >= 11 is 6.18. The molecular weight excluding hydrogens is 464 g/mol. The van der Waals surface area contributed by atoms with Crippen LogP contribution in [0.25, 0.3) is 10.9 Å². The number of nitrogens with one attached hydrogen (secondary N) is 1. The summed E-state index contributed by atoms with van der Waals surface area (Å²) < 4.78 is 32.9. The molecule has 0 spiro atoms. The molecule has 8 nitrogen and oxygen atoms in total. The number of pyridine rings is 1. The molecule has 1 N–H and O–H groups in total. The van der Waals surface area contributed by atoms with Crippen LogP contribution in [0.15, 0.2) is 59.6 Å². The molecule has 1 fully saturated rings. The van der Waals surface area contributed by atoms with Gasteiger partial charge in [0.25, 0.3) is 5.91 Å². The average molecular weight is 489 g/mol. The number of hydrogen-bond acceptors (Lipinski definition) is 6. The Bertz CT molecular complexity index is 1240. The fourth-order valence-electron chi connectivity index (χ4n) is 3.71. The van der Waals surface area contributed by atoms with Crippen molar-refractivity contribution in [3.05, 3.63) is 59.8 Å². The van der Waals surface area contributed by atoms with E-state index in [1.54, 1.807) is 36.5 Å². The first-order valence-electron chi connectivity index (χ1n) is 10.7. The van der Waals surface area contributed by atoms with Crippen molar-refractivity contribution in [3.63, 3.8) is 0 Å². The largest absolute Gasteiger partial charge is 0.481 e. The van der Waals surface area contributed by atoms with E-state index in [2.05, 4.69) is 22.1 Å². The maximum absolute atomic E-state index is 12.9. The number of likely N-dealkylation sites (N-methyl/N-ethyl adjacent to an activating group) is 1. The Balaban J connectivity index is 1.36. The number of piperazine rings is 1. The number of benzene rings is 2. The van der Waals surface area contributed by atoms with Gasteiger partial charge in [-0.05, 0) is 55.1 Å². The van der Waals surface area contributed by atoms with Crippen molar-refractivity contribution >= 4 is 44.1 Å². The summed E-state index contributed by atoms with van der Waals surface area (Å²) in [6.07, 6.45) is 1.63. The quantitative estimate of drug-likeness (QED) is 0.549. The zero-order chi connectivity index (χ0) is 23.4. The molecule has 1 aliphatic heterocycles. The van der Waals surface area contributed by atoms with Gasteiger partial charge in [-0.15, -0.1) is 0 Å². The third-order valence-electron chi connectivity index (χ3n) is 5.59. The molecule has 0 unspecified atom stereocenters. The summed E-state index contributed by atoms with van der Waals surface area (Å²) in [5, 5.41) is 4.01. The third kappa shape index (κ3) is 5.27. The van der Waals surface area contributed by atoms with Crippen molar-refractivity contribution in [2.24, 2.45) is 0 Å². The van der Waals surface area contributed by atoms with Crippen molar-refractivity contribution in [2.75, 3.05) is 44.6 Å². The third-order valence-corrected chi connectivity index (χ3v) is 7.83. The second kappa shape index (κ2) is 10.0. The number of hydrogen-bond donors (Lipinski definition) is 1. The molecule has 0 atom stereocenters. The van der Waals surface area contributed by atoms with E-state index in [0.29, 0.717) is 35.1 Å². The minimum absolute atomic E-state index is 0.209. The Kier molecular flexibility index (Phi) is 7.14. The highest BCUT2D eigenvalue weighted by atomic mass is 35.5. The number of rotatable bonds is 7. The van der Waals surface area contributed by atoms with Crippen LogP contribution in [0.5, 0.6) is 5.75 Å². The number of sulfonamides is 1. The molecule has 4 rings (SSSR count). The molecule has 0 bridgehead atoms. The van der Waals surface area contributed by atoms with Gasteiger partial charge in [0.2, 0.25) is 10.0 Å². The molecule has 1 aliphatic rings. The number of halogens is 1. The summed E-state index contributed by atoms with van der Waals surface area (Å²) in [6, 6.07) is 13.1. The van der Waals surface area contributed by atoms with Crippen LogP contribution in [-0.4, -0.2) is 67.8 Å². The number of anilines is 1. The van der Waals surface area contributed by atoms with Gasteiger partial charge in [0.1, 0.15) is 11.3 Å². The van der Waals surface area contributed by atoms with Gasteiger partial charge < -0.3 is 15.0 Å². The lowest BCUT2D eigenvalue weighted by atomic mass is 10.2. The highest BCUT2D eigenvalue weighted by Gasteiger charge is 2.27. The van der Waals surface area contributed by atoms with Crippen LogP contribution in [0.2, 0.25) is 5.02 Å². The molecular formula is C23H25ClN4O4S. The number of carbonyl (C=O) groups excluding carboxylic acids is 1. The number of ether oxygens (including phenoxy) is 1. The zero-order valence-corrected chi connectivity index (χ0v) is 19.8. The molecule has 2 heterocycles. The predicted molar refractivity (Wildman–Crippen MR) is 128 cm³/mol. The molecule has 10 heteroatoms. The smallest absolute Gasteiger partial charge is 0.262 e. The van der Waals surface area contributed by atoms with Crippen LogP contribution in [0.3, 0.4) is 0 Å². The average Bonchev–Trinajstić information content (AvgIpc) is 2.84. The summed E-state index contributed by atoms with van der Waals surface area (Å²) in [4.78, 5) is 19.1. The lowest BCUT2D eigenvalue weighted by Crippen LogP contribution is -2.48. The first kappa shape index (κ1) is 23.4. The van der Waals surface area contributed by atoms with Crippen LogP contribution < -0.4 is 10.1 Å². The monoisotopic (exact) mass is 488 g/mol. The molecule has 1 amide bonds. The fourth-order valence-corrected chi connectivity index (χ4v) is 5.35. The van der Waals surface area contributed by atoms with Gasteiger partial charge in [0.15, 0.2) is 6.61 Å². The van der Waals surface area contributed by atoms with Gasteiger partial charge >= 0.3 is 0 Å². The van der Waals surface area contributed by atoms with Crippen molar-refractivity contribution in [1.29, 1.82) is 0 Å². The molecule has 33 heavy (non-hydrogen) atoms. The normalized spacial score (nSPS) is 15.5. The number of amides is 1. The lowest BCUT2D eigenvalue weighted by molar-refractivity contribution is -0.118. The van der Waals surface area contributed by atoms with Crippen molar-refractivity contribution in [3.8, 4) is 5.75 Å². The lowest BCUT2D eigenvalue weighted by Gasteiger charge is -2.33. The van der Waals surface area contributed by atoms with E-state index in [0.717, 1.165) is 25.0 Å². The highest BCUT2D eigenvalue weighted by molar-refractivity contribution is 7.89. The molecule has 2 aromatic carbocycles. The topological polar surface area (TPSA) is 91.8 Å². The standard InChI is InChI=1S/C23H25ClN4O4S/c1-2-27-12-14-28(15-13-27)33(30,31)18-7-5-17(6-8-18)26-22(29)16-32-21-10-9-20(24)19-4-3-11-25-23(19)21/h3-11H,2,12-16H2,1H3,(H,26,29). The highest BCUT2D eigenvalue weighted by Crippen LogP contribution is 2.29. The summed E-state index contributed by atoms with van der Waals surface area (Å²) in [6.45, 7) is 5.15. The molecule has 1 saturated heterocycles. The fraction of sp³-hybridized carbons (Fsp3) is 0.304. The number of fused-ring (bicyclic) bond motifs is 1. The Morgan fingerprint density at radius 2 is 1.82 bits per heavy atom. The van der Waals surface area contributed by atoms with Crippen LogP contribution in [-0.2, 0) is 14.8 Å². The van der Waals surface area contributed by atoms with Gasteiger partial charge in [0.05, 0.1) is 9.92 Å². The number of carbonyl (C=O) groups is 1. The van der Waals surface area contributed by atoms with Gasteiger partial charge in [-0.2, -0.15) is 4.31 Å². The van der Waals surface area contributed by atoms with Crippen LogP contribution in [0.4, 0.5) is 5.69 Å². The molecule has 0 aliphatic carbocycles. The van der Waals surface area contributed by atoms with Crippen molar-refractivity contribution < 1.29 is 17.9 Å². The zero-order valence-electron chi connectivity index (χ0n) is 18.2. The van der Waals surface area contributed by atoms with Gasteiger partial charge in [-0.25, -0.2) is 8.42 Å². The Morgan fingerprint density at radius 3 is 2.52 bits per heavy atom. The molecule has 1 aromatic heterocycles. The van der Waals surface area contributed by atoms with E-state index in [4.69, 9.17) is 16.3 Å². The maximum Gasteiger partial charge on any atom is 0.262 e.